The maximum Gasteiger partial charge on any atom is 0.299 e. The van der Waals surface area contributed by atoms with E-state index >= 15 is 0 Å². The van der Waals surface area contributed by atoms with Crippen LogP contribution < -0.4 is 10.5 Å². The Labute approximate surface area is 105 Å². The first-order chi connectivity index (χ1) is 8.65. The number of nitrogens with zero attached hydrogens (tertiary/aromatic N) is 1. The van der Waals surface area contributed by atoms with Crippen molar-refractivity contribution in [2.45, 2.75) is 24.9 Å². The molecule has 3 rings (SSSR count). The molecule has 0 radical (unpaired) electrons. The van der Waals surface area contributed by atoms with E-state index in [0.29, 0.717) is 12.2 Å². The molecular formula is C13H14N2O3. The number of carbonyl (C=O) groups excluding carboxylic acids is 1. The molecule has 0 fully saturated rings. The number of aliphatic imine (C=N–C) groups is 1. The number of amidine groups is 1. The number of aryl methyl sites for hydroxylation is 1. The van der Waals surface area contributed by atoms with E-state index in [1.165, 1.54) is 0 Å². The number of hydrogen-bond acceptors (Lipinski definition) is 4. The van der Waals surface area contributed by atoms with Gasteiger partial charge in [-0.1, -0.05) is 6.07 Å². The Bertz CT molecular complexity index is 553. The van der Waals surface area contributed by atoms with Crippen LogP contribution in [0.3, 0.4) is 0 Å². The number of ether oxygens (including phenoxy) is 2. The van der Waals surface area contributed by atoms with Crippen molar-refractivity contribution in [2.75, 3.05) is 7.11 Å². The van der Waals surface area contributed by atoms with Crippen molar-refractivity contribution in [3.63, 3.8) is 0 Å². The molecule has 18 heavy (non-hydrogen) atoms. The van der Waals surface area contributed by atoms with Crippen molar-refractivity contribution in [1.82, 2.24) is 0 Å². The molecule has 5 nitrogen and oxygen atoms in total. The third-order valence-electron chi connectivity index (χ3n) is 3.56. The van der Waals surface area contributed by atoms with Gasteiger partial charge in [0.25, 0.3) is 11.9 Å². The number of carbonyl (C=O) groups is 1. The van der Waals surface area contributed by atoms with Gasteiger partial charge in [-0.2, -0.15) is 4.99 Å². The highest BCUT2D eigenvalue weighted by Gasteiger charge is 2.50. The van der Waals surface area contributed by atoms with Gasteiger partial charge in [0.15, 0.2) is 0 Å². The van der Waals surface area contributed by atoms with Gasteiger partial charge >= 0.3 is 0 Å². The van der Waals surface area contributed by atoms with Crippen LogP contribution in [0, 0.1) is 0 Å². The zero-order chi connectivity index (χ0) is 12.8. The van der Waals surface area contributed by atoms with E-state index in [9.17, 15) is 4.79 Å². The third-order valence-corrected chi connectivity index (χ3v) is 3.56. The lowest BCUT2D eigenvalue weighted by Crippen LogP contribution is -2.38. The summed E-state index contributed by atoms with van der Waals surface area (Å²) in [5, 5.41) is 0. The second kappa shape index (κ2) is 3.73. The minimum absolute atomic E-state index is 0.0457. The first-order valence-electron chi connectivity index (χ1n) is 5.91. The van der Waals surface area contributed by atoms with Crippen LogP contribution in [-0.2, 0) is 21.6 Å². The fourth-order valence-electron chi connectivity index (χ4n) is 2.70. The third kappa shape index (κ3) is 1.40. The molecule has 1 heterocycles. The molecule has 0 aromatic heterocycles. The van der Waals surface area contributed by atoms with Gasteiger partial charge in [-0.05, 0) is 30.5 Å². The number of fused-ring (bicyclic) bond motifs is 2. The summed E-state index contributed by atoms with van der Waals surface area (Å²) in [4.78, 5) is 15.8. The molecule has 0 saturated heterocycles. The number of amides is 1. The number of nitrogens with two attached hydrogens (primary N) is 1. The standard InChI is InChI=1S/C13H14N2O3/c1-17-9-5-4-8-3-2-6-13(10(8)7-9)11(16)15-12(14)18-13/h4-5,7H,2-3,6H2,1H3,(H2,14,15,16). The van der Waals surface area contributed by atoms with Gasteiger partial charge in [0.1, 0.15) is 5.75 Å². The lowest BCUT2D eigenvalue weighted by atomic mass is 9.78. The van der Waals surface area contributed by atoms with E-state index in [1.807, 2.05) is 18.2 Å². The highest BCUT2D eigenvalue weighted by molar-refractivity contribution is 6.01. The van der Waals surface area contributed by atoms with E-state index in [1.54, 1.807) is 7.11 Å². The molecule has 1 aliphatic heterocycles. The quantitative estimate of drug-likeness (QED) is 0.805. The summed E-state index contributed by atoms with van der Waals surface area (Å²) in [6, 6.07) is 5.66. The summed E-state index contributed by atoms with van der Waals surface area (Å²) in [6.07, 6.45) is 2.42. The van der Waals surface area contributed by atoms with Gasteiger partial charge < -0.3 is 15.2 Å². The second-order valence-corrected chi connectivity index (χ2v) is 4.56. The van der Waals surface area contributed by atoms with E-state index in [-0.39, 0.29) is 11.9 Å². The van der Waals surface area contributed by atoms with Crippen LogP contribution in [0.2, 0.25) is 0 Å². The van der Waals surface area contributed by atoms with Crippen molar-refractivity contribution < 1.29 is 14.3 Å². The summed E-state index contributed by atoms with van der Waals surface area (Å²) in [6.45, 7) is 0. The molecule has 1 aliphatic carbocycles. The zero-order valence-corrected chi connectivity index (χ0v) is 10.1. The topological polar surface area (TPSA) is 73.9 Å². The Hall–Kier alpha value is -2.04. The first kappa shape index (κ1) is 11.1. The molecule has 1 spiro atoms. The van der Waals surface area contributed by atoms with Crippen LogP contribution in [-0.4, -0.2) is 19.0 Å². The number of benzene rings is 1. The molecule has 1 amide bonds. The Morgan fingerprint density at radius 3 is 3.00 bits per heavy atom. The predicted molar refractivity (Wildman–Crippen MR) is 65.3 cm³/mol. The van der Waals surface area contributed by atoms with Crippen molar-refractivity contribution in [1.29, 1.82) is 0 Å². The van der Waals surface area contributed by atoms with Gasteiger partial charge in [0.05, 0.1) is 7.11 Å². The highest BCUT2D eigenvalue weighted by Crippen LogP contribution is 2.43. The Kier molecular flexibility index (Phi) is 2.29. The molecule has 2 N–H and O–H groups in total. The van der Waals surface area contributed by atoms with E-state index in [0.717, 1.165) is 24.0 Å². The van der Waals surface area contributed by atoms with E-state index in [4.69, 9.17) is 15.2 Å². The Morgan fingerprint density at radius 1 is 1.50 bits per heavy atom. The average Bonchev–Trinajstić information content (AvgIpc) is 2.65. The SMILES string of the molecule is COc1ccc2c(c1)C1(CCC2)OC(N)=NC1=O. The molecule has 1 unspecified atom stereocenters. The van der Waals surface area contributed by atoms with Gasteiger partial charge in [0, 0.05) is 12.0 Å². The van der Waals surface area contributed by atoms with E-state index in [2.05, 4.69) is 4.99 Å². The minimum atomic E-state index is -1.02. The fourth-order valence-corrected chi connectivity index (χ4v) is 2.70. The van der Waals surface area contributed by atoms with Gasteiger partial charge in [-0.25, -0.2) is 0 Å². The predicted octanol–water partition coefficient (Wildman–Crippen LogP) is 1.10. The van der Waals surface area contributed by atoms with Gasteiger partial charge in [-0.15, -0.1) is 0 Å². The molecule has 5 heteroatoms. The van der Waals surface area contributed by atoms with Crippen molar-refractivity contribution in [3.05, 3.63) is 29.3 Å². The largest absolute Gasteiger partial charge is 0.497 e. The molecular weight excluding hydrogens is 232 g/mol. The van der Waals surface area contributed by atoms with Gasteiger partial charge in [-0.3, -0.25) is 4.79 Å². The summed E-state index contributed by atoms with van der Waals surface area (Å²) >= 11 is 0. The lowest BCUT2D eigenvalue weighted by molar-refractivity contribution is -0.132. The van der Waals surface area contributed by atoms with Crippen molar-refractivity contribution >= 4 is 11.9 Å². The van der Waals surface area contributed by atoms with Crippen LogP contribution in [0.1, 0.15) is 24.0 Å². The Balaban J connectivity index is 2.14. The van der Waals surface area contributed by atoms with E-state index < -0.39 is 5.60 Å². The first-order valence-corrected chi connectivity index (χ1v) is 5.91. The molecule has 1 atom stereocenters. The maximum atomic E-state index is 12.1. The smallest absolute Gasteiger partial charge is 0.299 e. The summed E-state index contributed by atoms with van der Waals surface area (Å²) in [7, 11) is 1.60. The number of methoxy groups -OCH3 is 1. The summed E-state index contributed by atoms with van der Waals surface area (Å²) in [5.74, 6) is 0.395. The average molecular weight is 246 g/mol. The Morgan fingerprint density at radius 2 is 2.33 bits per heavy atom. The summed E-state index contributed by atoms with van der Waals surface area (Å²) < 4.78 is 10.8. The molecule has 0 saturated carbocycles. The maximum absolute atomic E-state index is 12.1. The number of rotatable bonds is 1. The minimum Gasteiger partial charge on any atom is -0.497 e. The zero-order valence-electron chi connectivity index (χ0n) is 10.1. The van der Waals surface area contributed by atoms with Gasteiger partial charge in [0.2, 0.25) is 5.60 Å². The normalized spacial score (nSPS) is 25.6. The highest BCUT2D eigenvalue weighted by atomic mass is 16.5. The van der Waals surface area contributed by atoms with Crippen molar-refractivity contribution in [3.8, 4) is 5.75 Å². The van der Waals surface area contributed by atoms with Crippen LogP contribution in [0.15, 0.2) is 23.2 Å². The molecule has 0 bridgehead atoms. The van der Waals surface area contributed by atoms with Crippen molar-refractivity contribution in [2.24, 2.45) is 10.7 Å². The lowest BCUT2D eigenvalue weighted by Gasteiger charge is -2.32. The van der Waals surface area contributed by atoms with Crippen LogP contribution in [0.25, 0.3) is 0 Å². The number of hydrogen-bond donors (Lipinski definition) is 1. The van der Waals surface area contributed by atoms with Crippen LogP contribution >= 0.6 is 0 Å². The van der Waals surface area contributed by atoms with Crippen LogP contribution in [0.5, 0.6) is 5.75 Å². The molecule has 1 aromatic rings. The second-order valence-electron chi connectivity index (χ2n) is 4.56. The monoisotopic (exact) mass is 246 g/mol. The fraction of sp³-hybridized carbons (Fsp3) is 0.385. The molecule has 2 aliphatic rings. The molecule has 1 aromatic carbocycles. The molecule has 94 valence electrons. The van der Waals surface area contributed by atoms with Crippen LogP contribution in [0.4, 0.5) is 0 Å². The summed E-state index contributed by atoms with van der Waals surface area (Å²) in [5.41, 5.74) is 6.45.